The van der Waals surface area contributed by atoms with Gasteiger partial charge in [0.1, 0.15) is 12.2 Å². The van der Waals surface area contributed by atoms with Crippen LogP contribution in [0.1, 0.15) is 16.3 Å². The second-order valence-electron chi connectivity index (χ2n) is 5.37. The number of para-hydroxylation sites is 1. The van der Waals surface area contributed by atoms with E-state index < -0.39 is 23.8 Å². The van der Waals surface area contributed by atoms with Gasteiger partial charge in [-0.25, -0.2) is 4.98 Å². The molecule has 2 aromatic rings. The maximum atomic E-state index is 12.8. The minimum absolute atomic E-state index is 0.0266. The first-order valence-electron chi connectivity index (χ1n) is 7.24. The Labute approximate surface area is 145 Å². The highest BCUT2D eigenvalue weighted by atomic mass is 35.5. The molecule has 0 aliphatic carbocycles. The van der Waals surface area contributed by atoms with Gasteiger partial charge in [0.2, 0.25) is 11.7 Å². The van der Waals surface area contributed by atoms with Crippen LogP contribution in [-0.2, 0) is 17.5 Å². The zero-order valence-electron chi connectivity index (χ0n) is 12.7. The van der Waals surface area contributed by atoms with Crippen molar-refractivity contribution in [1.29, 1.82) is 0 Å². The third kappa shape index (κ3) is 3.46. The van der Waals surface area contributed by atoms with E-state index in [1.165, 1.54) is 4.90 Å². The third-order valence-electron chi connectivity index (χ3n) is 3.69. The van der Waals surface area contributed by atoms with E-state index in [4.69, 9.17) is 11.6 Å². The second kappa shape index (κ2) is 6.40. The summed E-state index contributed by atoms with van der Waals surface area (Å²) in [6.07, 6.45) is -3.76. The van der Waals surface area contributed by atoms with Crippen molar-refractivity contribution in [3.8, 4) is 0 Å². The number of nitrogens with one attached hydrogen (secondary N) is 1. The van der Waals surface area contributed by atoms with Gasteiger partial charge >= 0.3 is 6.18 Å². The molecule has 1 aromatic carbocycles. The molecule has 1 aromatic heterocycles. The average molecular weight is 373 g/mol. The number of hydrogen-bond acceptors (Lipinski definition) is 3. The number of carbonyl (C=O) groups is 2. The van der Waals surface area contributed by atoms with E-state index in [1.807, 2.05) is 0 Å². The molecule has 0 radical (unpaired) electrons. The summed E-state index contributed by atoms with van der Waals surface area (Å²) in [5.74, 6) is -2.29. The fourth-order valence-electron chi connectivity index (χ4n) is 2.56. The van der Waals surface area contributed by atoms with Crippen molar-refractivity contribution >= 4 is 29.1 Å². The Hall–Kier alpha value is -2.55. The monoisotopic (exact) mass is 372 g/mol. The molecule has 0 atom stereocenters. The molecule has 0 saturated carbocycles. The molecule has 0 bridgehead atoms. The van der Waals surface area contributed by atoms with Crippen molar-refractivity contribution in [1.82, 2.24) is 14.5 Å². The Balaban J connectivity index is 1.71. The first-order valence-corrected chi connectivity index (χ1v) is 7.61. The van der Waals surface area contributed by atoms with Gasteiger partial charge < -0.3 is 14.8 Å². The number of anilines is 1. The van der Waals surface area contributed by atoms with E-state index in [0.717, 1.165) is 10.8 Å². The number of imidazole rings is 1. The van der Waals surface area contributed by atoms with Crippen LogP contribution in [0.4, 0.5) is 18.9 Å². The van der Waals surface area contributed by atoms with Crippen LogP contribution in [0.25, 0.3) is 0 Å². The Morgan fingerprint density at radius 2 is 2.00 bits per heavy atom. The van der Waals surface area contributed by atoms with Crippen LogP contribution in [0.5, 0.6) is 0 Å². The minimum atomic E-state index is -4.64. The maximum Gasteiger partial charge on any atom is 0.449 e. The van der Waals surface area contributed by atoms with Crippen LogP contribution in [-0.4, -0.2) is 39.4 Å². The standard InChI is InChI=1S/C15H12ClF3N4O2/c16-9-3-1-2-4-10(9)21-12(24)8-22-5-6-23-11(13(22)25)7-20-14(23)15(17,18)19/h1-4,7H,5-6,8H2,(H,21,24). The number of carbonyl (C=O) groups excluding carboxylic acids is 2. The van der Waals surface area contributed by atoms with E-state index in [2.05, 4.69) is 10.3 Å². The van der Waals surface area contributed by atoms with Crippen LogP contribution >= 0.6 is 11.6 Å². The second-order valence-corrected chi connectivity index (χ2v) is 5.78. The third-order valence-corrected chi connectivity index (χ3v) is 4.02. The Kier molecular flexibility index (Phi) is 4.42. The summed E-state index contributed by atoms with van der Waals surface area (Å²) in [5, 5.41) is 2.91. The van der Waals surface area contributed by atoms with Gasteiger partial charge in [-0.15, -0.1) is 0 Å². The van der Waals surface area contributed by atoms with Crippen molar-refractivity contribution in [3.05, 3.63) is 47.0 Å². The van der Waals surface area contributed by atoms with Crippen molar-refractivity contribution in [3.63, 3.8) is 0 Å². The van der Waals surface area contributed by atoms with Gasteiger partial charge in [0.15, 0.2) is 0 Å². The molecule has 3 rings (SSSR count). The fraction of sp³-hybridized carbons (Fsp3) is 0.267. The van der Waals surface area contributed by atoms with Crippen molar-refractivity contribution < 1.29 is 22.8 Å². The Bertz CT molecular complexity index is 834. The highest BCUT2D eigenvalue weighted by Crippen LogP contribution is 2.30. The van der Waals surface area contributed by atoms with E-state index in [1.54, 1.807) is 24.3 Å². The predicted molar refractivity (Wildman–Crippen MR) is 83.2 cm³/mol. The lowest BCUT2D eigenvalue weighted by molar-refractivity contribution is -0.147. The zero-order valence-corrected chi connectivity index (χ0v) is 13.4. The quantitative estimate of drug-likeness (QED) is 0.900. The highest BCUT2D eigenvalue weighted by molar-refractivity contribution is 6.33. The van der Waals surface area contributed by atoms with E-state index in [-0.39, 0.29) is 25.3 Å². The lowest BCUT2D eigenvalue weighted by Crippen LogP contribution is -2.44. The van der Waals surface area contributed by atoms with Gasteiger partial charge in [-0.05, 0) is 12.1 Å². The van der Waals surface area contributed by atoms with E-state index >= 15 is 0 Å². The number of nitrogens with zero attached hydrogens (tertiary/aromatic N) is 3. The first kappa shape index (κ1) is 17.3. The predicted octanol–water partition coefficient (Wildman–Crippen LogP) is 2.65. The Morgan fingerprint density at radius 1 is 1.28 bits per heavy atom. The van der Waals surface area contributed by atoms with Crippen LogP contribution in [0, 0.1) is 0 Å². The normalized spacial score (nSPS) is 14.4. The minimum Gasteiger partial charge on any atom is -0.326 e. The van der Waals surface area contributed by atoms with E-state index in [0.29, 0.717) is 10.7 Å². The number of fused-ring (bicyclic) bond motifs is 1. The van der Waals surface area contributed by atoms with Crippen molar-refractivity contribution in [2.45, 2.75) is 12.7 Å². The fourth-order valence-corrected chi connectivity index (χ4v) is 2.74. The average Bonchev–Trinajstić information content (AvgIpc) is 2.97. The van der Waals surface area contributed by atoms with Gasteiger partial charge in [0, 0.05) is 13.1 Å². The molecule has 6 nitrogen and oxygen atoms in total. The lowest BCUT2D eigenvalue weighted by atomic mass is 10.2. The summed E-state index contributed by atoms with van der Waals surface area (Å²) in [4.78, 5) is 28.8. The summed E-state index contributed by atoms with van der Waals surface area (Å²) >= 11 is 5.94. The number of aromatic nitrogens is 2. The molecule has 0 spiro atoms. The Morgan fingerprint density at radius 3 is 2.68 bits per heavy atom. The molecule has 1 aliphatic rings. The van der Waals surface area contributed by atoms with Crippen molar-refractivity contribution in [2.24, 2.45) is 0 Å². The number of rotatable bonds is 3. The number of benzene rings is 1. The number of alkyl halides is 3. The molecule has 132 valence electrons. The molecule has 0 saturated heterocycles. The molecule has 2 amide bonds. The van der Waals surface area contributed by atoms with Gasteiger partial charge in [-0.2, -0.15) is 13.2 Å². The highest BCUT2D eigenvalue weighted by Gasteiger charge is 2.40. The number of hydrogen-bond donors (Lipinski definition) is 1. The molecule has 1 N–H and O–H groups in total. The summed E-state index contributed by atoms with van der Waals surface area (Å²) in [5.41, 5.74) is 0.201. The number of amides is 2. The topological polar surface area (TPSA) is 67.2 Å². The molecule has 0 unspecified atom stereocenters. The van der Waals surface area contributed by atoms with Crippen LogP contribution in [0.15, 0.2) is 30.5 Å². The lowest BCUT2D eigenvalue weighted by Gasteiger charge is -2.28. The molecule has 2 heterocycles. The maximum absolute atomic E-state index is 12.8. The smallest absolute Gasteiger partial charge is 0.326 e. The van der Waals surface area contributed by atoms with Gasteiger partial charge in [0.05, 0.1) is 16.9 Å². The first-order chi connectivity index (χ1) is 11.8. The van der Waals surface area contributed by atoms with Gasteiger partial charge in [0.25, 0.3) is 5.91 Å². The zero-order chi connectivity index (χ0) is 18.2. The molecule has 0 fully saturated rings. The van der Waals surface area contributed by atoms with E-state index in [9.17, 15) is 22.8 Å². The van der Waals surface area contributed by atoms with Gasteiger partial charge in [-0.3, -0.25) is 9.59 Å². The van der Waals surface area contributed by atoms with Gasteiger partial charge in [-0.1, -0.05) is 23.7 Å². The number of halogens is 4. The van der Waals surface area contributed by atoms with Crippen molar-refractivity contribution in [2.75, 3.05) is 18.4 Å². The largest absolute Gasteiger partial charge is 0.449 e. The molecular weight excluding hydrogens is 361 g/mol. The molecular formula is C15H12ClF3N4O2. The SMILES string of the molecule is O=C(CN1CCn2c(cnc2C(F)(F)F)C1=O)Nc1ccccc1Cl. The van der Waals surface area contributed by atoms with Crippen LogP contribution in [0.2, 0.25) is 5.02 Å². The van der Waals surface area contributed by atoms with Crippen LogP contribution in [0.3, 0.4) is 0 Å². The summed E-state index contributed by atoms with van der Waals surface area (Å²) in [7, 11) is 0. The van der Waals surface area contributed by atoms with Crippen LogP contribution < -0.4 is 5.32 Å². The molecule has 1 aliphatic heterocycles. The summed E-state index contributed by atoms with van der Waals surface area (Å²) in [6.45, 7) is -0.410. The summed E-state index contributed by atoms with van der Waals surface area (Å²) < 4.78 is 39.3. The molecule has 10 heteroatoms. The summed E-state index contributed by atoms with van der Waals surface area (Å²) in [6, 6.07) is 6.58. The molecule has 25 heavy (non-hydrogen) atoms.